The van der Waals surface area contributed by atoms with Crippen LogP contribution in [0.15, 0.2) is 71.1 Å². The van der Waals surface area contributed by atoms with Crippen molar-refractivity contribution >= 4 is 29.2 Å². The van der Waals surface area contributed by atoms with Gasteiger partial charge in [-0.05, 0) is 11.6 Å². The van der Waals surface area contributed by atoms with Gasteiger partial charge in [0.25, 0.3) is 5.91 Å². The zero-order valence-corrected chi connectivity index (χ0v) is 12.8. The predicted octanol–water partition coefficient (Wildman–Crippen LogP) is 2.67. The van der Waals surface area contributed by atoms with Crippen LogP contribution in [0.1, 0.15) is 11.1 Å². The van der Waals surface area contributed by atoms with E-state index in [1.165, 1.54) is 0 Å². The Hall–Kier alpha value is -3.41. The van der Waals surface area contributed by atoms with Crippen molar-refractivity contribution in [2.75, 3.05) is 6.61 Å². The number of H-pyrrole nitrogens is 1. The van der Waals surface area contributed by atoms with Gasteiger partial charge in [-0.25, -0.2) is 5.43 Å². The summed E-state index contributed by atoms with van der Waals surface area (Å²) < 4.78 is 0. The van der Waals surface area contributed by atoms with Gasteiger partial charge in [-0.15, -0.1) is 0 Å². The van der Waals surface area contributed by atoms with Crippen LogP contribution in [-0.2, 0) is 9.63 Å². The summed E-state index contributed by atoms with van der Waals surface area (Å²) in [6.45, 7) is -0.200. The van der Waals surface area contributed by atoms with Crippen LogP contribution in [0.2, 0.25) is 0 Å². The number of amides is 1. The smallest absolute Gasteiger partial charge is 0.280 e. The van der Waals surface area contributed by atoms with Crippen LogP contribution < -0.4 is 5.43 Å². The van der Waals surface area contributed by atoms with E-state index in [2.05, 4.69) is 20.7 Å². The number of carbonyl (C=O) groups excluding carboxylic acids is 1. The molecule has 120 valence electrons. The third-order valence-electron chi connectivity index (χ3n) is 3.29. The molecule has 1 aromatic heterocycles. The number of aromatic amines is 1. The summed E-state index contributed by atoms with van der Waals surface area (Å²) in [7, 11) is 0. The second-order valence-corrected chi connectivity index (χ2v) is 5.00. The van der Waals surface area contributed by atoms with E-state index in [0.717, 1.165) is 22.0 Å². The Morgan fingerprint density at radius 1 is 1.08 bits per heavy atom. The van der Waals surface area contributed by atoms with Crippen molar-refractivity contribution in [2.45, 2.75) is 0 Å². The maximum Gasteiger partial charge on any atom is 0.280 e. The van der Waals surface area contributed by atoms with Gasteiger partial charge in [0, 0.05) is 22.7 Å². The standard InChI is InChI=1S/C18H16N4O2/c23-18(13-24-21-10-14-6-2-1-3-7-14)22-20-12-15-11-19-17-9-5-4-8-16(15)17/h1-12,19H,13H2,(H,22,23). The van der Waals surface area contributed by atoms with Crippen molar-refractivity contribution in [1.29, 1.82) is 0 Å². The van der Waals surface area contributed by atoms with Crippen LogP contribution in [-0.4, -0.2) is 29.9 Å². The zero-order valence-electron chi connectivity index (χ0n) is 12.8. The molecule has 2 N–H and O–H groups in total. The Morgan fingerprint density at radius 3 is 2.75 bits per heavy atom. The molecule has 0 bridgehead atoms. The van der Waals surface area contributed by atoms with Crippen molar-refractivity contribution in [3.8, 4) is 0 Å². The van der Waals surface area contributed by atoms with E-state index in [1.807, 2.05) is 60.8 Å². The molecule has 0 unspecified atom stereocenters. The number of para-hydroxylation sites is 1. The number of fused-ring (bicyclic) bond motifs is 1. The fourth-order valence-electron chi connectivity index (χ4n) is 2.14. The predicted molar refractivity (Wildman–Crippen MR) is 94.0 cm³/mol. The number of benzene rings is 2. The largest absolute Gasteiger partial charge is 0.386 e. The van der Waals surface area contributed by atoms with Crippen LogP contribution in [0.5, 0.6) is 0 Å². The molecule has 0 aliphatic rings. The molecule has 0 radical (unpaired) electrons. The maximum absolute atomic E-state index is 11.6. The Kier molecular flexibility index (Phi) is 4.99. The molecule has 0 spiro atoms. The molecule has 0 aliphatic heterocycles. The lowest BCUT2D eigenvalue weighted by Crippen LogP contribution is -2.22. The number of oxime groups is 1. The number of rotatable bonds is 6. The summed E-state index contributed by atoms with van der Waals surface area (Å²) in [6, 6.07) is 17.3. The number of nitrogens with zero attached hydrogens (tertiary/aromatic N) is 2. The lowest BCUT2D eigenvalue weighted by atomic mass is 10.2. The zero-order chi connectivity index (χ0) is 16.6. The average molecular weight is 320 g/mol. The first-order chi connectivity index (χ1) is 11.8. The Balaban J connectivity index is 1.46. The summed E-state index contributed by atoms with van der Waals surface area (Å²) in [5, 5.41) is 8.70. The van der Waals surface area contributed by atoms with Crippen LogP contribution >= 0.6 is 0 Å². The van der Waals surface area contributed by atoms with Crippen LogP contribution in [0.25, 0.3) is 10.9 Å². The molecule has 2 aromatic carbocycles. The molecule has 1 amide bonds. The molecule has 0 atom stereocenters. The van der Waals surface area contributed by atoms with Gasteiger partial charge < -0.3 is 9.82 Å². The quantitative estimate of drug-likeness (QED) is 0.541. The van der Waals surface area contributed by atoms with Crippen LogP contribution in [0.4, 0.5) is 0 Å². The molecule has 6 nitrogen and oxygen atoms in total. The van der Waals surface area contributed by atoms with E-state index in [4.69, 9.17) is 4.84 Å². The van der Waals surface area contributed by atoms with Gasteiger partial charge in [-0.1, -0.05) is 53.7 Å². The minimum absolute atomic E-state index is 0.200. The van der Waals surface area contributed by atoms with Crippen molar-refractivity contribution in [2.24, 2.45) is 10.3 Å². The third kappa shape index (κ3) is 4.07. The van der Waals surface area contributed by atoms with E-state index < -0.39 is 0 Å². The van der Waals surface area contributed by atoms with Gasteiger partial charge >= 0.3 is 0 Å². The summed E-state index contributed by atoms with van der Waals surface area (Å²) in [5.74, 6) is -0.378. The van der Waals surface area contributed by atoms with Gasteiger partial charge in [0.05, 0.1) is 12.4 Å². The molecule has 3 aromatic rings. The van der Waals surface area contributed by atoms with E-state index in [1.54, 1.807) is 12.4 Å². The van der Waals surface area contributed by atoms with Crippen molar-refractivity contribution in [1.82, 2.24) is 10.4 Å². The van der Waals surface area contributed by atoms with Gasteiger partial charge in [-0.3, -0.25) is 4.79 Å². The van der Waals surface area contributed by atoms with E-state index in [0.29, 0.717) is 0 Å². The van der Waals surface area contributed by atoms with Gasteiger partial charge in [0.2, 0.25) is 0 Å². The average Bonchev–Trinajstić information content (AvgIpc) is 3.03. The molecule has 1 heterocycles. The molecule has 3 rings (SSSR count). The molecular weight excluding hydrogens is 304 g/mol. The number of aromatic nitrogens is 1. The summed E-state index contributed by atoms with van der Waals surface area (Å²) in [5.41, 5.74) is 5.22. The fraction of sp³-hybridized carbons (Fsp3) is 0.0556. The van der Waals surface area contributed by atoms with Crippen LogP contribution in [0, 0.1) is 0 Å². The molecule has 24 heavy (non-hydrogen) atoms. The second-order valence-electron chi connectivity index (χ2n) is 5.00. The van der Waals surface area contributed by atoms with Gasteiger partial charge in [-0.2, -0.15) is 5.10 Å². The molecule has 0 saturated heterocycles. The summed E-state index contributed by atoms with van der Waals surface area (Å²) in [6.07, 6.45) is 4.97. The Morgan fingerprint density at radius 2 is 1.88 bits per heavy atom. The van der Waals surface area contributed by atoms with E-state index in [9.17, 15) is 4.79 Å². The molecule has 0 fully saturated rings. The number of hydrazone groups is 1. The highest BCUT2D eigenvalue weighted by Gasteiger charge is 2.01. The lowest BCUT2D eigenvalue weighted by Gasteiger charge is -1.98. The minimum Gasteiger partial charge on any atom is -0.386 e. The molecule has 6 heteroatoms. The molecular formula is C18H16N4O2. The van der Waals surface area contributed by atoms with Gasteiger partial charge in [0.15, 0.2) is 6.61 Å². The Bertz CT molecular complexity index is 869. The van der Waals surface area contributed by atoms with Crippen molar-refractivity contribution < 1.29 is 9.63 Å². The number of carbonyl (C=O) groups is 1. The first kappa shape index (κ1) is 15.5. The van der Waals surface area contributed by atoms with Crippen LogP contribution in [0.3, 0.4) is 0 Å². The SMILES string of the molecule is O=C(CON=Cc1ccccc1)NN=Cc1c[nH]c2ccccc12. The number of hydrogen-bond acceptors (Lipinski definition) is 4. The highest BCUT2D eigenvalue weighted by molar-refractivity contribution is 5.99. The first-order valence-corrected chi connectivity index (χ1v) is 7.41. The second kappa shape index (κ2) is 7.73. The Labute approximate surface area is 138 Å². The third-order valence-corrected chi connectivity index (χ3v) is 3.29. The van der Waals surface area contributed by atoms with Crippen molar-refractivity contribution in [3.63, 3.8) is 0 Å². The van der Waals surface area contributed by atoms with Gasteiger partial charge in [0.1, 0.15) is 0 Å². The lowest BCUT2D eigenvalue weighted by molar-refractivity contribution is -0.125. The van der Waals surface area contributed by atoms with E-state index in [-0.39, 0.29) is 12.5 Å². The maximum atomic E-state index is 11.6. The highest BCUT2D eigenvalue weighted by Crippen LogP contribution is 2.15. The minimum atomic E-state index is -0.378. The number of hydrogen-bond donors (Lipinski definition) is 2. The van der Waals surface area contributed by atoms with Crippen molar-refractivity contribution in [3.05, 3.63) is 71.9 Å². The highest BCUT2D eigenvalue weighted by atomic mass is 16.6. The monoisotopic (exact) mass is 320 g/mol. The van der Waals surface area contributed by atoms with E-state index >= 15 is 0 Å². The topological polar surface area (TPSA) is 78.8 Å². The fourth-order valence-corrected chi connectivity index (χ4v) is 2.14. The molecule has 0 saturated carbocycles. The summed E-state index contributed by atoms with van der Waals surface area (Å²) >= 11 is 0. The summed E-state index contributed by atoms with van der Waals surface area (Å²) in [4.78, 5) is 19.7. The molecule has 0 aliphatic carbocycles. The normalized spacial score (nSPS) is 11.3. The first-order valence-electron chi connectivity index (χ1n) is 7.41. The number of nitrogens with one attached hydrogen (secondary N) is 2.